The van der Waals surface area contributed by atoms with Gasteiger partial charge in [0.2, 0.25) is 0 Å². The van der Waals surface area contributed by atoms with Gasteiger partial charge in [0.15, 0.2) is 0 Å². The monoisotopic (exact) mass is 264 g/mol. The Bertz CT molecular complexity index is 422. The molecule has 19 heavy (non-hydrogen) atoms. The standard InChI is InChI=1S/C14H24N4O/c1-10(2)8-15-13-7-14(17-11(3)16-13)18-6-4-5-12(18)9-19/h7,10,12,19H,4-6,8-9H2,1-3H3,(H,15,16,17). The molecule has 0 spiro atoms. The second kappa shape index (κ2) is 6.19. The summed E-state index contributed by atoms with van der Waals surface area (Å²) >= 11 is 0. The molecule has 0 bridgehead atoms. The molecule has 1 fully saturated rings. The Morgan fingerprint density at radius 3 is 2.95 bits per heavy atom. The summed E-state index contributed by atoms with van der Waals surface area (Å²) in [5.41, 5.74) is 0. The number of nitrogens with one attached hydrogen (secondary N) is 1. The summed E-state index contributed by atoms with van der Waals surface area (Å²) in [6.45, 7) is 8.31. The molecule has 1 aliphatic rings. The highest BCUT2D eigenvalue weighted by atomic mass is 16.3. The van der Waals surface area contributed by atoms with Crippen molar-refractivity contribution in [2.45, 2.75) is 39.7 Å². The maximum Gasteiger partial charge on any atom is 0.134 e. The van der Waals surface area contributed by atoms with Crippen molar-refractivity contribution in [3.63, 3.8) is 0 Å². The number of rotatable bonds is 5. The molecule has 1 aromatic heterocycles. The van der Waals surface area contributed by atoms with Crippen LogP contribution in [0.4, 0.5) is 11.6 Å². The molecule has 0 amide bonds. The topological polar surface area (TPSA) is 61.3 Å². The molecule has 1 saturated heterocycles. The molecule has 5 heteroatoms. The minimum Gasteiger partial charge on any atom is -0.394 e. The van der Waals surface area contributed by atoms with Crippen molar-refractivity contribution in [2.75, 3.05) is 29.9 Å². The highest BCUT2D eigenvalue weighted by Crippen LogP contribution is 2.25. The summed E-state index contributed by atoms with van der Waals surface area (Å²) in [5, 5.41) is 12.8. The third kappa shape index (κ3) is 3.56. The molecule has 1 aliphatic heterocycles. The van der Waals surface area contributed by atoms with E-state index >= 15 is 0 Å². The van der Waals surface area contributed by atoms with Gasteiger partial charge in [-0.1, -0.05) is 13.8 Å². The summed E-state index contributed by atoms with van der Waals surface area (Å²) < 4.78 is 0. The first-order valence-electron chi connectivity index (χ1n) is 7.07. The Balaban J connectivity index is 2.16. The van der Waals surface area contributed by atoms with E-state index in [-0.39, 0.29) is 12.6 Å². The normalized spacial score (nSPS) is 19.2. The van der Waals surface area contributed by atoms with Gasteiger partial charge in [0, 0.05) is 19.2 Å². The molecule has 1 aromatic rings. The van der Waals surface area contributed by atoms with Gasteiger partial charge in [-0.25, -0.2) is 9.97 Å². The van der Waals surface area contributed by atoms with E-state index in [2.05, 4.69) is 34.0 Å². The van der Waals surface area contributed by atoms with Crippen LogP contribution in [0.2, 0.25) is 0 Å². The zero-order chi connectivity index (χ0) is 13.8. The number of aliphatic hydroxyl groups is 1. The van der Waals surface area contributed by atoms with Crippen LogP contribution in [0.5, 0.6) is 0 Å². The van der Waals surface area contributed by atoms with Crippen LogP contribution in [0.3, 0.4) is 0 Å². The van der Waals surface area contributed by atoms with Gasteiger partial charge in [-0.05, 0) is 25.7 Å². The van der Waals surface area contributed by atoms with Crippen LogP contribution >= 0.6 is 0 Å². The third-order valence-electron chi connectivity index (χ3n) is 3.40. The number of aryl methyl sites for hydroxylation is 1. The average molecular weight is 264 g/mol. The van der Waals surface area contributed by atoms with Crippen molar-refractivity contribution >= 4 is 11.6 Å². The maximum absolute atomic E-state index is 9.41. The quantitative estimate of drug-likeness (QED) is 0.849. The summed E-state index contributed by atoms with van der Waals surface area (Å²) in [5.74, 6) is 3.15. The predicted octanol–water partition coefficient (Wildman–Crippen LogP) is 1.81. The van der Waals surface area contributed by atoms with Crippen molar-refractivity contribution in [3.8, 4) is 0 Å². The van der Waals surface area contributed by atoms with Gasteiger partial charge in [0.1, 0.15) is 17.5 Å². The number of anilines is 2. The first-order chi connectivity index (χ1) is 9.10. The fraction of sp³-hybridized carbons (Fsp3) is 0.714. The van der Waals surface area contributed by atoms with Crippen molar-refractivity contribution in [2.24, 2.45) is 5.92 Å². The molecule has 106 valence electrons. The second-order valence-corrected chi connectivity index (χ2v) is 5.61. The first-order valence-corrected chi connectivity index (χ1v) is 7.07. The van der Waals surface area contributed by atoms with E-state index in [4.69, 9.17) is 0 Å². The van der Waals surface area contributed by atoms with Crippen molar-refractivity contribution in [1.29, 1.82) is 0 Å². The minimum absolute atomic E-state index is 0.192. The number of aliphatic hydroxyl groups excluding tert-OH is 1. The lowest BCUT2D eigenvalue weighted by Gasteiger charge is -2.24. The Hall–Kier alpha value is -1.36. The highest BCUT2D eigenvalue weighted by molar-refractivity contribution is 5.50. The lowest BCUT2D eigenvalue weighted by Crippen LogP contribution is -2.33. The molecule has 5 nitrogen and oxygen atoms in total. The molecule has 1 unspecified atom stereocenters. The van der Waals surface area contributed by atoms with Crippen LogP contribution in [0.15, 0.2) is 6.07 Å². The van der Waals surface area contributed by atoms with Gasteiger partial charge in [-0.2, -0.15) is 0 Å². The summed E-state index contributed by atoms with van der Waals surface area (Å²) in [6, 6.07) is 2.19. The Morgan fingerprint density at radius 2 is 2.26 bits per heavy atom. The molecule has 2 N–H and O–H groups in total. The van der Waals surface area contributed by atoms with Gasteiger partial charge >= 0.3 is 0 Å². The van der Waals surface area contributed by atoms with E-state index in [0.717, 1.165) is 43.4 Å². The zero-order valence-corrected chi connectivity index (χ0v) is 12.1. The van der Waals surface area contributed by atoms with E-state index in [0.29, 0.717) is 5.92 Å². The van der Waals surface area contributed by atoms with Gasteiger partial charge in [0.05, 0.1) is 12.6 Å². The molecular formula is C14H24N4O. The third-order valence-corrected chi connectivity index (χ3v) is 3.40. The molecule has 0 saturated carbocycles. The smallest absolute Gasteiger partial charge is 0.134 e. The number of hydrogen-bond acceptors (Lipinski definition) is 5. The Morgan fingerprint density at radius 1 is 1.47 bits per heavy atom. The van der Waals surface area contributed by atoms with Gasteiger partial charge in [0.25, 0.3) is 0 Å². The zero-order valence-electron chi connectivity index (χ0n) is 12.1. The van der Waals surface area contributed by atoms with E-state index in [9.17, 15) is 5.11 Å². The molecule has 0 radical (unpaired) electrons. The van der Waals surface area contributed by atoms with Crippen molar-refractivity contribution < 1.29 is 5.11 Å². The van der Waals surface area contributed by atoms with Crippen LogP contribution in [-0.4, -0.2) is 40.8 Å². The SMILES string of the molecule is Cc1nc(NCC(C)C)cc(N2CCCC2CO)n1. The summed E-state index contributed by atoms with van der Waals surface area (Å²) in [4.78, 5) is 11.1. The molecule has 0 aliphatic carbocycles. The van der Waals surface area contributed by atoms with Crippen molar-refractivity contribution in [3.05, 3.63) is 11.9 Å². The van der Waals surface area contributed by atoms with Crippen LogP contribution < -0.4 is 10.2 Å². The average Bonchev–Trinajstić information content (AvgIpc) is 2.84. The molecule has 1 atom stereocenters. The number of hydrogen-bond donors (Lipinski definition) is 2. The minimum atomic E-state index is 0.192. The predicted molar refractivity (Wildman–Crippen MR) is 77.6 cm³/mol. The largest absolute Gasteiger partial charge is 0.394 e. The fourth-order valence-electron chi connectivity index (χ4n) is 2.43. The molecule has 2 rings (SSSR count). The molecular weight excluding hydrogens is 240 g/mol. The summed E-state index contributed by atoms with van der Waals surface area (Å²) in [7, 11) is 0. The molecule has 2 heterocycles. The lowest BCUT2D eigenvalue weighted by molar-refractivity contribution is 0.266. The number of nitrogens with zero attached hydrogens (tertiary/aromatic N) is 3. The van der Waals surface area contributed by atoms with Gasteiger partial charge in [-0.15, -0.1) is 0 Å². The van der Waals surface area contributed by atoms with E-state index in [1.165, 1.54) is 0 Å². The maximum atomic E-state index is 9.41. The highest BCUT2D eigenvalue weighted by Gasteiger charge is 2.25. The Labute approximate surface area is 115 Å². The Kier molecular flexibility index (Phi) is 4.58. The van der Waals surface area contributed by atoms with Crippen LogP contribution in [0.1, 0.15) is 32.5 Å². The van der Waals surface area contributed by atoms with E-state index in [1.807, 2.05) is 13.0 Å². The van der Waals surface area contributed by atoms with Gasteiger partial charge in [-0.3, -0.25) is 0 Å². The van der Waals surface area contributed by atoms with Gasteiger partial charge < -0.3 is 15.3 Å². The van der Waals surface area contributed by atoms with Crippen LogP contribution in [0.25, 0.3) is 0 Å². The lowest BCUT2D eigenvalue weighted by atomic mass is 10.2. The molecule has 0 aromatic carbocycles. The van der Waals surface area contributed by atoms with Crippen LogP contribution in [-0.2, 0) is 0 Å². The first kappa shape index (κ1) is 14.1. The summed E-state index contributed by atoms with van der Waals surface area (Å²) in [6.07, 6.45) is 2.15. The second-order valence-electron chi connectivity index (χ2n) is 5.61. The van der Waals surface area contributed by atoms with Crippen molar-refractivity contribution in [1.82, 2.24) is 9.97 Å². The van der Waals surface area contributed by atoms with Crippen LogP contribution in [0, 0.1) is 12.8 Å². The number of aromatic nitrogens is 2. The fourth-order valence-corrected chi connectivity index (χ4v) is 2.43. The van der Waals surface area contributed by atoms with E-state index < -0.39 is 0 Å². The van der Waals surface area contributed by atoms with E-state index in [1.54, 1.807) is 0 Å².